The predicted molar refractivity (Wildman–Crippen MR) is 129 cm³/mol. The van der Waals surface area contributed by atoms with Crippen molar-refractivity contribution in [2.75, 3.05) is 23.3 Å². The summed E-state index contributed by atoms with van der Waals surface area (Å²) in [4.78, 5) is 24.7. The molecule has 3 aromatic rings. The van der Waals surface area contributed by atoms with Crippen LogP contribution in [-0.2, 0) is 19.6 Å². The van der Waals surface area contributed by atoms with Gasteiger partial charge in [0.15, 0.2) is 0 Å². The first-order valence-electron chi connectivity index (χ1n) is 9.64. The molecule has 0 aliphatic rings. The number of esters is 1. The van der Waals surface area contributed by atoms with Crippen LogP contribution in [0.5, 0.6) is 0 Å². The Balaban J connectivity index is 1.95. The Hall–Kier alpha value is -3.07. The molecular weight excluding hydrogens is 487 g/mol. The van der Waals surface area contributed by atoms with Crippen LogP contribution in [0.1, 0.15) is 15.9 Å². The molecule has 0 aliphatic carbocycles. The highest BCUT2D eigenvalue weighted by molar-refractivity contribution is 7.92. The summed E-state index contributed by atoms with van der Waals surface area (Å²) in [6, 6.07) is 16.7. The number of rotatable bonds is 7. The highest BCUT2D eigenvalue weighted by Crippen LogP contribution is 2.27. The molecule has 7 nitrogen and oxygen atoms in total. The lowest BCUT2D eigenvalue weighted by Crippen LogP contribution is -2.38. The Morgan fingerprint density at radius 1 is 1.00 bits per heavy atom. The van der Waals surface area contributed by atoms with E-state index in [1.165, 1.54) is 49.6 Å². The van der Waals surface area contributed by atoms with E-state index in [0.29, 0.717) is 5.02 Å². The van der Waals surface area contributed by atoms with Gasteiger partial charge in [-0.3, -0.25) is 9.10 Å². The minimum absolute atomic E-state index is 0.0200. The lowest BCUT2D eigenvalue weighted by molar-refractivity contribution is -0.114. The number of halogens is 2. The molecule has 1 amide bonds. The van der Waals surface area contributed by atoms with E-state index >= 15 is 0 Å². The average molecular weight is 507 g/mol. The maximum atomic E-state index is 13.4. The molecule has 0 saturated carbocycles. The summed E-state index contributed by atoms with van der Waals surface area (Å²) in [7, 11) is -2.87. The van der Waals surface area contributed by atoms with Gasteiger partial charge in [-0.15, -0.1) is 0 Å². The third-order valence-corrected chi connectivity index (χ3v) is 7.01. The molecule has 0 spiro atoms. The molecule has 3 rings (SSSR count). The van der Waals surface area contributed by atoms with E-state index in [9.17, 15) is 18.0 Å². The van der Waals surface area contributed by atoms with E-state index in [4.69, 9.17) is 23.2 Å². The summed E-state index contributed by atoms with van der Waals surface area (Å²) in [5.41, 5.74) is 1.42. The molecule has 0 bridgehead atoms. The van der Waals surface area contributed by atoms with Crippen molar-refractivity contribution in [2.45, 2.75) is 11.8 Å². The molecular formula is C23H20Cl2N2O5S. The number of benzene rings is 3. The highest BCUT2D eigenvalue weighted by Gasteiger charge is 2.27. The first-order chi connectivity index (χ1) is 15.6. The van der Waals surface area contributed by atoms with Crippen LogP contribution in [0.3, 0.4) is 0 Å². The molecule has 3 aromatic carbocycles. The number of aryl methyl sites for hydroxylation is 1. The zero-order chi connectivity index (χ0) is 24.2. The number of carbonyl (C=O) groups is 2. The quantitative estimate of drug-likeness (QED) is 0.459. The topological polar surface area (TPSA) is 92.8 Å². The number of amides is 1. The Bertz CT molecular complexity index is 1290. The molecule has 10 heteroatoms. The second kappa shape index (κ2) is 10.2. The summed E-state index contributed by atoms with van der Waals surface area (Å²) in [6.45, 7) is 1.28. The fourth-order valence-electron chi connectivity index (χ4n) is 2.97. The number of nitrogens with zero attached hydrogens (tertiary/aromatic N) is 1. The smallest absolute Gasteiger partial charge is 0.337 e. The van der Waals surface area contributed by atoms with E-state index < -0.39 is 28.4 Å². The predicted octanol–water partition coefficient (Wildman–Crippen LogP) is 4.92. The van der Waals surface area contributed by atoms with Gasteiger partial charge < -0.3 is 10.1 Å². The number of anilines is 2. The summed E-state index contributed by atoms with van der Waals surface area (Å²) >= 11 is 12.2. The molecule has 172 valence electrons. The summed E-state index contributed by atoms with van der Waals surface area (Å²) in [5.74, 6) is -1.28. The fourth-order valence-corrected chi connectivity index (χ4v) is 4.73. The molecule has 33 heavy (non-hydrogen) atoms. The molecule has 0 radical (unpaired) electrons. The van der Waals surface area contributed by atoms with Gasteiger partial charge in [0.1, 0.15) is 6.54 Å². The number of sulfonamides is 1. The number of methoxy groups -OCH3 is 1. The highest BCUT2D eigenvalue weighted by atomic mass is 35.5. The van der Waals surface area contributed by atoms with Crippen LogP contribution < -0.4 is 9.62 Å². The van der Waals surface area contributed by atoms with Crippen molar-refractivity contribution in [2.24, 2.45) is 0 Å². The van der Waals surface area contributed by atoms with Crippen LogP contribution in [-0.4, -0.2) is 33.9 Å². The van der Waals surface area contributed by atoms with Crippen molar-refractivity contribution < 1.29 is 22.7 Å². The minimum atomic E-state index is -4.10. The Kier molecular flexibility index (Phi) is 7.63. The monoisotopic (exact) mass is 506 g/mol. The van der Waals surface area contributed by atoms with E-state index in [0.717, 1.165) is 9.87 Å². The van der Waals surface area contributed by atoms with Crippen molar-refractivity contribution in [1.82, 2.24) is 0 Å². The number of carbonyl (C=O) groups excluding carboxylic acids is 2. The van der Waals surface area contributed by atoms with Crippen LogP contribution in [0.4, 0.5) is 11.4 Å². The fraction of sp³-hybridized carbons (Fsp3) is 0.130. The van der Waals surface area contributed by atoms with E-state index in [2.05, 4.69) is 10.1 Å². The van der Waals surface area contributed by atoms with E-state index in [1.54, 1.807) is 24.3 Å². The van der Waals surface area contributed by atoms with Gasteiger partial charge in [0, 0.05) is 5.02 Å². The zero-order valence-corrected chi connectivity index (χ0v) is 20.0. The number of ether oxygens (including phenoxy) is 1. The zero-order valence-electron chi connectivity index (χ0n) is 17.7. The second-order valence-corrected chi connectivity index (χ2v) is 9.74. The van der Waals surface area contributed by atoms with Crippen molar-refractivity contribution >= 4 is 56.5 Å². The van der Waals surface area contributed by atoms with Crippen LogP contribution in [0.15, 0.2) is 71.6 Å². The number of hydrogen-bond acceptors (Lipinski definition) is 5. The molecule has 0 atom stereocenters. The number of nitrogens with one attached hydrogen (secondary N) is 1. The second-order valence-electron chi connectivity index (χ2n) is 7.04. The molecule has 0 saturated heterocycles. The van der Waals surface area contributed by atoms with Crippen LogP contribution in [0.2, 0.25) is 10.0 Å². The first kappa shape index (κ1) is 24.6. The van der Waals surface area contributed by atoms with Gasteiger partial charge in [-0.1, -0.05) is 47.0 Å². The average Bonchev–Trinajstić information content (AvgIpc) is 2.78. The van der Waals surface area contributed by atoms with Crippen molar-refractivity contribution in [3.8, 4) is 0 Å². The van der Waals surface area contributed by atoms with Crippen molar-refractivity contribution in [3.63, 3.8) is 0 Å². The summed E-state index contributed by atoms with van der Waals surface area (Å²) < 4.78 is 32.4. The summed E-state index contributed by atoms with van der Waals surface area (Å²) in [5, 5.41) is 3.04. The Labute approximate surface area is 201 Å². The standard InChI is InChI=1S/C23H20Cl2N2O5S/c1-15-6-9-19(10-7-15)33(30,31)27(18-5-3-4-17(24)13-18)14-22(28)26-21-12-16(23(29)32-2)8-11-20(21)25/h3-13H,14H2,1-2H3,(H,26,28). The van der Waals surface area contributed by atoms with Gasteiger partial charge in [0.25, 0.3) is 10.0 Å². The van der Waals surface area contributed by atoms with Crippen LogP contribution >= 0.6 is 23.2 Å². The molecule has 0 fully saturated rings. The van der Waals surface area contributed by atoms with Gasteiger partial charge in [-0.05, 0) is 55.5 Å². The Morgan fingerprint density at radius 3 is 2.33 bits per heavy atom. The van der Waals surface area contributed by atoms with Gasteiger partial charge >= 0.3 is 5.97 Å². The van der Waals surface area contributed by atoms with Crippen LogP contribution in [0.25, 0.3) is 0 Å². The Morgan fingerprint density at radius 2 is 1.70 bits per heavy atom. The van der Waals surface area contributed by atoms with Gasteiger partial charge in [0.05, 0.1) is 34.0 Å². The molecule has 1 N–H and O–H groups in total. The van der Waals surface area contributed by atoms with E-state index in [1.807, 2.05) is 6.92 Å². The van der Waals surface area contributed by atoms with Crippen LogP contribution in [0, 0.1) is 6.92 Å². The SMILES string of the molecule is COC(=O)c1ccc(Cl)c(NC(=O)CN(c2cccc(Cl)c2)S(=O)(=O)c2ccc(C)cc2)c1. The van der Waals surface area contributed by atoms with Gasteiger partial charge in [-0.25, -0.2) is 13.2 Å². The van der Waals surface area contributed by atoms with Crippen molar-refractivity contribution in [3.05, 3.63) is 87.9 Å². The lowest BCUT2D eigenvalue weighted by Gasteiger charge is -2.24. The normalized spacial score (nSPS) is 11.0. The number of hydrogen-bond donors (Lipinski definition) is 1. The molecule has 0 aromatic heterocycles. The van der Waals surface area contributed by atoms with Gasteiger partial charge in [-0.2, -0.15) is 0 Å². The largest absolute Gasteiger partial charge is 0.465 e. The molecule has 0 heterocycles. The minimum Gasteiger partial charge on any atom is -0.465 e. The maximum Gasteiger partial charge on any atom is 0.337 e. The summed E-state index contributed by atoms with van der Waals surface area (Å²) in [6.07, 6.45) is 0. The third-order valence-electron chi connectivity index (χ3n) is 4.65. The van der Waals surface area contributed by atoms with E-state index in [-0.39, 0.29) is 26.9 Å². The lowest BCUT2D eigenvalue weighted by atomic mass is 10.2. The molecule has 0 aliphatic heterocycles. The first-order valence-corrected chi connectivity index (χ1v) is 11.8. The third kappa shape index (κ3) is 5.84. The van der Waals surface area contributed by atoms with Crippen molar-refractivity contribution in [1.29, 1.82) is 0 Å². The maximum absolute atomic E-state index is 13.4. The van der Waals surface area contributed by atoms with Gasteiger partial charge in [0.2, 0.25) is 5.91 Å². The molecule has 0 unspecified atom stereocenters.